The van der Waals surface area contributed by atoms with Crippen LogP contribution in [0.15, 0.2) is 30.3 Å². The maximum Gasteiger partial charge on any atom is 0.261 e. The average molecular weight is 325 g/mol. The Hall–Kier alpha value is -1.01. The molecule has 0 aliphatic rings. The summed E-state index contributed by atoms with van der Waals surface area (Å²) in [5.41, 5.74) is 0.757. The highest BCUT2D eigenvalue weighted by molar-refractivity contribution is 6.49. The molecule has 0 aliphatic heterocycles. The van der Waals surface area contributed by atoms with Gasteiger partial charge in [-0.05, 0) is 0 Å². The van der Waals surface area contributed by atoms with Crippen molar-refractivity contribution in [1.29, 1.82) is 0 Å². The van der Waals surface area contributed by atoms with Gasteiger partial charge in [-0.3, -0.25) is 0 Å². The molecule has 0 bridgehead atoms. The summed E-state index contributed by atoms with van der Waals surface area (Å²) in [4.78, 5) is 12.0. The number of anilines is 2. The van der Waals surface area contributed by atoms with Crippen LogP contribution in [0.25, 0.3) is 11.4 Å². The van der Waals surface area contributed by atoms with Crippen LogP contribution in [0.1, 0.15) is 0 Å². The highest BCUT2D eigenvalue weighted by Crippen LogP contribution is 2.24. The minimum atomic E-state index is 0.0217. The van der Waals surface area contributed by atoms with E-state index in [1.165, 1.54) is 0 Å². The molecule has 0 fully saturated rings. The molecule has 0 unspecified atom stereocenters. The summed E-state index contributed by atoms with van der Waals surface area (Å²) in [6.07, 6.45) is 0. The van der Waals surface area contributed by atoms with Gasteiger partial charge in [-0.1, -0.05) is 30.3 Å². The second kappa shape index (κ2) is 5.75. The number of aromatic nitrogens is 3. The quantitative estimate of drug-likeness (QED) is 0.804. The van der Waals surface area contributed by atoms with Gasteiger partial charge >= 0.3 is 0 Å². The molecular formula is C9H5Cl4N5. The molecule has 0 N–H and O–H groups in total. The van der Waals surface area contributed by atoms with Crippen LogP contribution >= 0.6 is 47.1 Å². The Morgan fingerprint density at radius 3 is 1.67 bits per heavy atom. The molecule has 0 saturated heterocycles. The van der Waals surface area contributed by atoms with Gasteiger partial charge in [0.15, 0.2) is 5.82 Å². The van der Waals surface area contributed by atoms with Crippen molar-refractivity contribution in [3.05, 3.63) is 30.3 Å². The molecule has 94 valence electrons. The fraction of sp³-hybridized carbons (Fsp3) is 0. The van der Waals surface area contributed by atoms with E-state index >= 15 is 0 Å². The Bertz CT molecular complexity index is 507. The summed E-state index contributed by atoms with van der Waals surface area (Å²) >= 11 is 22.3. The summed E-state index contributed by atoms with van der Waals surface area (Å²) in [7, 11) is 0. The molecule has 2 aromatic rings. The van der Waals surface area contributed by atoms with E-state index in [1.807, 2.05) is 30.3 Å². The predicted octanol–water partition coefficient (Wildman–Crippen LogP) is 3.77. The molecular weight excluding hydrogens is 320 g/mol. The molecule has 2 rings (SSSR count). The smallest absolute Gasteiger partial charge is 0.190 e. The highest BCUT2D eigenvalue weighted by atomic mass is 35.5. The van der Waals surface area contributed by atoms with Crippen molar-refractivity contribution < 1.29 is 0 Å². The molecule has 1 aromatic carbocycles. The number of rotatable bonds is 3. The molecule has 0 radical (unpaired) electrons. The maximum atomic E-state index is 5.58. The second-order valence-corrected chi connectivity index (χ2v) is 4.79. The highest BCUT2D eigenvalue weighted by Gasteiger charge is 2.14. The van der Waals surface area contributed by atoms with E-state index in [2.05, 4.69) is 15.0 Å². The van der Waals surface area contributed by atoms with Crippen molar-refractivity contribution in [2.24, 2.45) is 0 Å². The van der Waals surface area contributed by atoms with Crippen LogP contribution < -0.4 is 7.88 Å². The number of hydrogen-bond acceptors (Lipinski definition) is 5. The van der Waals surface area contributed by atoms with Crippen LogP contribution in [-0.4, -0.2) is 15.0 Å². The van der Waals surface area contributed by atoms with Crippen molar-refractivity contribution in [2.75, 3.05) is 7.88 Å². The van der Waals surface area contributed by atoms with Gasteiger partial charge < -0.3 is 0 Å². The molecule has 0 atom stereocenters. The zero-order valence-corrected chi connectivity index (χ0v) is 11.7. The average Bonchev–Trinajstić information content (AvgIpc) is 2.39. The Morgan fingerprint density at radius 2 is 1.22 bits per heavy atom. The van der Waals surface area contributed by atoms with E-state index in [9.17, 15) is 0 Å². The molecule has 0 spiro atoms. The molecule has 0 saturated carbocycles. The molecule has 1 aromatic heterocycles. The van der Waals surface area contributed by atoms with E-state index < -0.39 is 0 Å². The van der Waals surface area contributed by atoms with E-state index in [4.69, 9.17) is 47.1 Å². The lowest BCUT2D eigenvalue weighted by molar-refractivity contribution is 1.05. The molecule has 18 heavy (non-hydrogen) atoms. The van der Waals surface area contributed by atoms with E-state index in [-0.39, 0.29) is 11.9 Å². The van der Waals surface area contributed by atoms with Crippen molar-refractivity contribution >= 4 is 59.0 Å². The maximum absolute atomic E-state index is 5.58. The van der Waals surface area contributed by atoms with Crippen LogP contribution in [0, 0.1) is 0 Å². The van der Waals surface area contributed by atoms with Gasteiger partial charge in [0.1, 0.15) is 0 Å². The molecule has 0 aliphatic carbocycles. The van der Waals surface area contributed by atoms with Crippen LogP contribution in [0.2, 0.25) is 0 Å². The van der Waals surface area contributed by atoms with Gasteiger partial charge in [-0.2, -0.15) is 22.8 Å². The predicted molar refractivity (Wildman–Crippen MR) is 73.6 cm³/mol. The second-order valence-electron chi connectivity index (χ2n) is 3.09. The fourth-order valence-electron chi connectivity index (χ4n) is 1.22. The zero-order valence-electron chi connectivity index (χ0n) is 8.63. The number of hydrogen-bond donors (Lipinski definition) is 0. The first-order chi connectivity index (χ1) is 8.58. The first-order valence-electron chi connectivity index (χ1n) is 4.63. The standard InChI is InChI=1S/C9H5Cl4N5/c10-17(11)8-14-7(6-4-2-1-3-5-6)15-9(16-8)18(12)13/h1-5H. The van der Waals surface area contributed by atoms with Gasteiger partial charge in [-0.25, -0.2) is 0 Å². The third-order valence-corrected chi connectivity index (χ3v) is 2.55. The number of benzene rings is 1. The van der Waals surface area contributed by atoms with Crippen molar-refractivity contribution in [1.82, 2.24) is 15.0 Å². The SMILES string of the molecule is ClN(Cl)c1nc(-c2ccccc2)nc(N(Cl)Cl)n1. The Balaban J connectivity index is 2.54. The fourth-order valence-corrected chi connectivity index (χ4v) is 1.52. The Kier molecular flexibility index (Phi) is 4.29. The van der Waals surface area contributed by atoms with Crippen molar-refractivity contribution in [3.8, 4) is 11.4 Å². The minimum Gasteiger partial charge on any atom is -0.190 e. The molecule has 0 amide bonds. The number of nitrogens with zero attached hydrogens (tertiary/aromatic N) is 5. The monoisotopic (exact) mass is 323 g/mol. The topological polar surface area (TPSA) is 45.2 Å². The summed E-state index contributed by atoms with van der Waals surface area (Å²) in [5, 5.41) is 0. The van der Waals surface area contributed by atoms with Gasteiger partial charge in [0.05, 0.1) is 0 Å². The van der Waals surface area contributed by atoms with Crippen molar-refractivity contribution in [2.45, 2.75) is 0 Å². The van der Waals surface area contributed by atoms with Gasteiger partial charge in [0, 0.05) is 52.7 Å². The summed E-state index contributed by atoms with van der Waals surface area (Å²) in [6.45, 7) is 0. The van der Waals surface area contributed by atoms with Crippen molar-refractivity contribution in [3.63, 3.8) is 0 Å². The van der Waals surface area contributed by atoms with Crippen LogP contribution in [0.4, 0.5) is 11.9 Å². The first kappa shape index (κ1) is 13.4. The summed E-state index contributed by atoms with van der Waals surface area (Å²) < 4.78 is 1.41. The zero-order chi connectivity index (χ0) is 13.1. The van der Waals surface area contributed by atoms with Crippen LogP contribution in [0.5, 0.6) is 0 Å². The Morgan fingerprint density at radius 1 is 0.722 bits per heavy atom. The lowest BCUT2D eigenvalue weighted by Crippen LogP contribution is -2.08. The van der Waals surface area contributed by atoms with Gasteiger partial charge in [0.25, 0.3) is 11.9 Å². The molecule has 9 heteroatoms. The number of halogens is 4. The Labute approximate surface area is 123 Å². The molecule has 5 nitrogen and oxygen atoms in total. The van der Waals surface area contributed by atoms with E-state index in [0.29, 0.717) is 13.7 Å². The van der Waals surface area contributed by atoms with E-state index in [1.54, 1.807) is 0 Å². The lowest BCUT2D eigenvalue weighted by atomic mass is 10.2. The minimum absolute atomic E-state index is 0.0217. The van der Waals surface area contributed by atoms with E-state index in [0.717, 1.165) is 5.56 Å². The molecule has 1 heterocycles. The van der Waals surface area contributed by atoms with Crippen LogP contribution in [0.3, 0.4) is 0 Å². The third kappa shape index (κ3) is 3.05. The van der Waals surface area contributed by atoms with Gasteiger partial charge in [0.2, 0.25) is 0 Å². The summed E-state index contributed by atoms with van der Waals surface area (Å²) in [6, 6.07) is 9.20. The van der Waals surface area contributed by atoms with Gasteiger partial charge in [-0.15, -0.1) is 0 Å². The largest absolute Gasteiger partial charge is 0.261 e. The third-order valence-electron chi connectivity index (χ3n) is 1.95. The lowest BCUT2D eigenvalue weighted by Gasteiger charge is -2.10. The normalized spacial score (nSPS) is 10.2. The van der Waals surface area contributed by atoms with Crippen LogP contribution in [-0.2, 0) is 0 Å². The summed E-state index contributed by atoms with van der Waals surface area (Å²) in [5.74, 6) is 0.398. The first-order valence-corrected chi connectivity index (χ1v) is 5.98.